The van der Waals surface area contributed by atoms with E-state index in [1.54, 1.807) is 0 Å². The first-order valence-electron chi connectivity index (χ1n) is 3.58. The molecule has 0 aliphatic carbocycles. The first-order valence-corrected chi connectivity index (χ1v) is 4.91. The highest BCUT2D eigenvalue weighted by Gasteiger charge is 2.20. The molecule has 1 heterocycles. The molecule has 14 heavy (non-hydrogen) atoms. The number of carbonyl (C=O) groups is 1. The predicted octanol–water partition coefficient (Wildman–Crippen LogP) is 3.33. The molecule has 1 aromatic heterocycles. The summed E-state index contributed by atoms with van der Waals surface area (Å²) in [5, 5.41) is 0. The van der Waals surface area contributed by atoms with E-state index in [9.17, 15) is 13.6 Å². The Kier molecular flexibility index (Phi) is 3.95. The second-order valence-corrected chi connectivity index (χ2v) is 3.47. The van der Waals surface area contributed by atoms with Crippen molar-refractivity contribution in [2.75, 3.05) is 0 Å². The normalized spacial score (nSPS) is 10.6. The Morgan fingerprint density at radius 1 is 1.64 bits per heavy atom. The van der Waals surface area contributed by atoms with Gasteiger partial charge in [-0.2, -0.15) is 0 Å². The third-order valence-electron chi connectivity index (χ3n) is 1.68. The van der Waals surface area contributed by atoms with Crippen molar-refractivity contribution in [2.45, 2.75) is 12.3 Å². The van der Waals surface area contributed by atoms with Gasteiger partial charge < -0.3 is 0 Å². The molecular formula is C8H5BrClF2NO. The summed E-state index contributed by atoms with van der Waals surface area (Å²) in [5.74, 6) is -0.116. The molecule has 0 saturated carbocycles. The van der Waals surface area contributed by atoms with Gasteiger partial charge in [0, 0.05) is 22.9 Å². The van der Waals surface area contributed by atoms with Gasteiger partial charge in [-0.15, -0.1) is 11.6 Å². The van der Waals surface area contributed by atoms with Crippen molar-refractivity contribution in [2.24, 2.45) is 0 Å². The van der Waals surface area contributed by atoms with E-state index in [1.165, 1.54) is 0 Å². The van der Waals surface area contributed by atoms with Crippen molar-refractivity contribution in [1.82, 2.24) is 4.98 Å². The molecule has 0 aliphatic heterocycles. The third-order valence-corrected chi connectivity index (χ3v) is 2.63. The Hall–Kier alpha value is -0.550. The molecule has 0 fully saturated rings. The topological polar surface area (TPSA) is 30.0 Å². The number of pyridine rings is 1. The minimum absolute atomic E-state index is 0.116. The van der Waals surface area contributed by atoms with Crippen LogP contribution in [-0.4, -0.2) is 11.3 Å². The molecule has 0 radical (unpaired) electrons. The highest BCUT2D eigenvalue weighted by molar-refractivity contribution is 9.10. The van der Waals surface area contributed by atoms with Gasteiger partial charge >= 0.3 is 0 Å². The zero-order valence-electron chi connectivity index (χ0n) is 6.81. The Labute approximate surface area is 92.4 Å². The molecular weight excluding hydrogens is 279 g/mol. The Morgan fingerprint density at radius 2 is 2.29 bits per heavy atom. The predicted molar refractivity (Wildman–Crippen MR) is 51.8 cm³/mol. The van der Waals surface area contributed by atoms with Gasteiger partial charge in [0.2, 0.25) is 0 Å². The van der Waals surface area contributed by atoms with Crippen LogP contribution in [0.15, 0.2) is 10.8 Å². The smallest absolute Gasteiger partial charge is 0.265 e. The minimum atomic E-state index is -2.73. The van der Waals surface area contributed by atoms with Crippen molar-refractivity contribution in [3.05, 3.63) is 27.5 Å². The molecule has 0 aromatic carbocycles. The summed E-state index contributed by atoms with van der Waals surface area (Å²) < 4.78 is 25.4. The number of alkyl halides is 3. The van der Waals surface area contributed by atoms with E-state index in [1.807, 2.05) is 0 Å². The lowest BCUT2D eigenvalue weighted by atomic mass is 10.1. The fraction of sp³-hybridized carbons (Fsp3) is 0.250. The van der Waals surface area contributed by atoms with E-state index in [4.69, 9.17) is 11.6 Å². The van der Waals surface area contributed by atoms with Gasteiger partial charge in [-0.3, -0.25) is 4.79 Å². The maximum atomic E-state index is 12.6. The van der Waals surface area contributed by atoms with Crippen LogP contribution in [-0.2, 0) is 5.88 Å². The van der Waals surface area contributed by atoms with E-state index in [0.29, 0.717) is 6.29 Å². The van der Waals surface area contributed by atoms with Crippen LogP contribution in [0.1, 0.15) is 27.9 Å². The number of rotatable bonds is 3. The van der Waals surface area contributed by atoms with Gasteiger partial charge in [-0.1, -0.05) is 0 Å². The van der Waals surface area contributed by atoms with Crippen LogP contribution in [0.3, 0.4) is 0 Å². The quantitative estimate of drug-likeness (QED) is 0.484. The number of carbonyl (C=O) groups excluding carboxylic acids is 1. The summed E-state index contributed by atoms with van der Waals surface area (Å²) in [6.07, 6.45) is -1.30. The summed E-state index contributed by atoms with van der Waals surface area (Å²) in [6, 6.07) is 0. The van der Waals surface area contributed by atoms with E-state index < -0.39 is 6.43 Å². The van der Waals surface area contributed by atoms with Crippen LogP contribution in [0.5, 0.6) is 0 Å². The Morgan fingerprint density at radius 3 is 2.71 bits per heavy atom. The fourth-order valence-electron chi connectivity index (χ4n) is 1.04. The second kappa shape index (κ2) is 4.79. The molecule has 0 amide bonds. The van der Waals surface area contributed by atoms with Crippen LogP contribution in [0.2, 0.25) is 0 Å². The lowest BCUT2D eigenvalue weighted by molar-refractivity contribution is 0.110. The van der Waals surface area contributed by atoms with Gasteiger partial charge in [0.25, 0.3) is 6.43 Å². The van der Waals surface area contributed by atoms with E-state index in [0.717, 1.165) is 6.20 Å². The van der Waals surface area contributed by atoms with E-state index >= 15 is 0 Å². The average Bonchev–Trinajstić information content (AvgIpc) is 2.17. The molecule has 6 heteroatoms. The maximum absolute atomic E-state index is 12.6. The number of aromatic nitrogens is 1. The van der Waals surface area contributed by atoms with Crippen molar-refractivity contribution < 1.29 is 13.6 Å². The lowest BCUT2D eigenvalue weighted by Crippen LogP contribution is -2.01. The molecule has 2 nitrogen and oxygen atoms in total. The van der Waals surface area contributed by atoms with Gasteiger partial charge in [0.15, 0.2) is 6.29 Å². The SMILES string of the molecule is O=Cc1cnc(Br)c(CCl)c1C(F)F. The molecule has 0 N–H and O–H groups in total. The second-order valence-electron chi connectivity index (χ2n) is 2.45. The molecule has 0 spiro atoms. The third kappa shape index (κ3) is 2.09. The van der Waals surface area contributed by atoms with Gasteiger partial charge in [-0.25, -0.2) is 13.8 Å². The molecule has 1 rings (SSSR count). The molecule has 0 bridgehead atoms. The largest absolute Gasteiger partial charge is 0.298 e. The summed E-state index contributed by atoms with van der Waals surface area (Å²) in [7, 11) is 0. The molecule has 0 aliphatic rings. The van der Waals surface area contributed by atoms with Crippen molar-refractivity contribution in [3.63, 3.8) is 0 Å². The van der Waals surface area contributed by atoms with Crippen LogP contribution >= 0.6 is 27.5 Å². The highest BCUT2D eigenvalue weighted by Crippen LogP contribution is 2.30. The number of halogens is 4. The molecule has 0 atom stereocenters. The van der Waals surface area contributed by atoms with Gasteiger partial charge in [0.05, 0.1) is 5.88 Å². The first kappa shape index (κ1) is 11.5. The molecule has 0 saturated heterocycles. The van der Waals surface area contributed by atoms with Crippen molar-refractivity contribution in [3.8, 4) is 0 Å². The van der Waals surface area contributed by atoms with Crippen molar-refractivity contribution in [1.29, 1.82) is 0 Å². The average molecular weight is 284 g/mol. The van der Waals surface area contributed by atoms with Crippen LogP contribution in [0.4, 0.5) is 8.78 Å². The number of nitrogens with zero attached hydrogens (tertiary/aromatic N) is 1. The zero-order chi connectivity index (χ0) is 10.7. The summed E-state index contributed by atoms with van der Waals surface area (Å²) in [4.78, 5) is 14.2. The highest BCUT2D eigenvalue weighted by atomic mass is 79.9. The van der Waals surface area contributed by atoms with Gasteiger partial charge in [-0.05, 0) is 15.9 Å². The number of hydrogen-bond acceptors (Lipinski definition) is 2. The Bertz CT molecular complexity index is 359. The lowest BCUT2D eigenvalue weighted by Gasteiger charge is -2.09. The maximum Gasteiger partial charge on any atom is 0.265 e. The van der Waals surface area contributed by atoms with Crippen LogP contribution in [0.25, 0.3) is 0 Å². The Balaban J connectivity index is 3.43. The van der Waals surface area contributed by atoms with Crippen LogP contribution < -0.4 is 0 Å². The fourth-order valence-corrected chi connectivity index (χ4v) is 1.93. The summed E-state index contributed by atoms with van der Waals surface area (Å²) >= 11 is 8.49. The number of hydrogen-bond donors (Lipinski definition) is 0. The molecule has 1 aromatic rings. The summed E-state index contributed by atoms with van der Waals surface area (Å²) in [5.41, 5.74) is -0.318. The first-order chi connectivity index (χ1) is 6.61. The summed E-state index contributed by atoms with van der Waals surface area (Å²) in [6.45, 7) is 0. The number of aldehydes is 1. The minimum Gasteiger partial charge on any atom is -0.298 e. The molecule has 0 unspecified atom stereocenters. The standard InChI is InChI=1S/C8H5BrClF2NO/c9-7-5(1-10)6(8(11)12)4(3-14)2-13-7/h2-3,8H,1H2. The van der Waals surface area contributed by atoms with E-state index in [-0.39, 0.29) is 27.2 Å². The van der Waals surface area contributed by atoms with Gasteiger partial charge in [0.1, 0.15) is 4.60 Å². The van der Waals surface area contributed by atoms with Crippen molar-refractivity contribution >= 4 is 33.8 Å². The zero-order valence-corrected chi connectivity index (χ0v) is 9.15. The molecule has 76 valence electrons. The monoisotopic (exact) mass is 283 g/mol. The van der Waals surface area contributed by atoms with E-state index in [2.05, 4.69) is 20.9 Å². The van der Waals surface area contributed by atoms with Crippen LogP contribution in [0, 0.1) is 0 Å².